The quantitative estimate of drug-likeness (QED) is 0.372. The van der Waals surface area contributed by atoms with Gasteiger partial charge in [-0.25, -0.2) is 0 Å². The molecule has 2 unspecified atom stereocenters. The lowest BCUT2D eigenvalue weighted by molar-refractivity contribution is 0.318. The Balaban J connectivity index is 2.43. The molecule has 2 atom stereocenters. The molecule has 0 aromatic heterocycles. The number of anilines is 1. The highest BCUT2D eigenvalue weighted by molar-refractivity contribution is 6.02. The molecule has 2 rings (SSSR count). The average molecular weight is 261 g/mol. The van der Waals surface area contributed by atoms with Crippen molar-refractivity contribution in [1.82, 2.24) is 0 Å². The van der Waals surface area contributed by atoms with Gasteiger partial charge < -0.3 is 15.8 Å². The first-order chi connectivity index (χ1) is 9.04. The Hall–Kier alpha value is -1.71. The topological polar surface area (TPSA) is 61.9 Å². The Labute approximate surface area is 114 Å². The fraction of sp³-hybridized carbons (Fsp3) is 0.533. The zero-order valence-corrected chi connectivity index (χ0v) is 11.9. The van der Waals surface area contributed by atoms with E-state index in [-0.39, 0.29) is 5.84 Å². The van der Waals surface area contributed by atoms with Crippen molar-refractivity contribution < 1.29 is 5.21 Å². The summed E-state index contributed by atoms with van der Waals surface area (Å²) < 4.78 is 0. The maximum absolute atomic E-state index is 8.95. The molecule has 1 saturated heterocycles. The minimum absolute atomic E-state index is 0.185. The van der Waals surface area contributed by atoms with Gasteiger partial charge in [0.05, 0.1) is 5.69 Å². The van der Waals surface area contributed by atoms with Crippen LogP contribution in [0.5, 0.6) is 0 Å². The van der Waals surface area contributed by atoms with Crippen molar-refractivity contribution >= 4 is 11.5 Å². The summed E-state index contributed by atoms with van der Waals surface area (Å²) in [6.07, 6.45) is 2.37. The maximum Gasteiger partial charge on any atom is 0.172 e. The number of nitrogens with two attached hydrogens (primary N) is 1. The number of para-hydroxylation sites is 1. The Morgan fingerprint density at radius 2 is 2.16 bits per heavy atom. The summed E-state index contributed by atoms with van der Waals surface area (Å²) in [4.78, 5) is 2.39. The number of oxime groups is 1. The Morgan fingerprint density at radius 1 is 1.42 bits per heavy atom. The van der Waals surface area contributed by atoms with Crippen LogP contribution in [0, 0.1) is 12.8 Å². The van der Waals surface area contributed by atoms with E-state index in [9.17, 15) is 0 Å². The molecule has 0 aliphatic carbocycles. The lowest BCUT2D eigenvalue weighted by Gasteiger charge is -2.40. The number of benzene rings is 1. The minimum atomic E-state index is 0.185. The zero-order valence-electron chi connectivity index (χ0n) is 11.9. The van der Waals surface area contributed by atoms with Crippen LogP contribution in [0.2, 0.25) is 0 Å². The van der Waals surface area contributed by atoms with E-state index in [0.29, 0.717) is 6.04 Å². The van der Waals surface area contributed by atoms with E-state index in [0.717, 1.165) is 23.7 Å². The van der Waals surface area contributed by atoms with Crippen LogP contribution in [0.4, 0.5) is 5.69 Å². The van der Waals surface area contributed by atoms with E-state index in [2.05, 4.69) is 36.9 Å². The average Bonchev–Trinajstić information content (AvgIpc) is 2.38. The molecule has 0 amide bonds. The van der Waals surface area contributed by atoms with Gasteiger partial charge >= 0.3 is 0 Å². The number of hydrogen-bond acceptors (Lipinski definition) is 3. The summed E-state index contributed by atoms with van der Waals surface area (Å²) in [5, 5.41) is 12.1. The highest BCUT2D eigenvalue weighted by Gasteiger charge is 2.26. The van der Waals surface area contributed by atoms with Crippen LogP contribution >= 0.6 is 0 Å². The monoisotopic (exact) mass is 261 g/mol. The van der Waals surface area contributed by atoms with Gasteiger partial charge in [-0.2, -0.15) is 0 Å². The molecule has 1 aliphatic heterocycles. The molecular formula is C15H23N3O. The van der Waals surface area contributed by atoms with Gasteiger partial charge in [-0.05, 0) is 44.2 Å². The van der Waals surface area contributed by atoms with Crippen molar-refractivity contribution in [2.45, 2.75) is 39.7 Å². The third-order valence-electron chi connectivity index (χ3n) is 4.05. The number of amidine groups is 1. The number of piperidine rings is 1. The molecule has 0 bridgehead atoms. The molecule has 0 radical (unpaired) electrons. The second-order valence-electron chi connectivity index (χ2n) is 5.63. The van der Waals surface area contributed by atoms with E-state index in [4.69, 9.17) is 10.9 Å². The summed E-state index contributed by atoms with van der Waals surface area (Å²) in [7, 11) is 0. The predicted molar refractivity (Wildman–Crippen MR) is 78.9 cm³/mol. The SMILES string of the molecule is Cc1cccc(/C(N)=N/O)c1N1CCC(C)CC1C. The van der Waals surface area contributed by atoms with E-state index >= 15 is 0 Å². The van der Waals surface area contributed by atoms with Gasteiger partial charge in [0.25, 0.3) is 0 Å². The molecule has 104 valence electrons. The van der Waals surface area contributed by atoms with Crippen LogP contribution in [0.1, 0.15) is 37.8 Å². The second-order valence-corrected chi connectivity index (χ2v) is 5.63. The van der Waals surface area contributed by atoms with Crippen molar-refractivity contribution in [2.75, 3.05) is 11.4 Å². The van der Waals surface area contributed by atoms with E-state index < -0.39 is 0 Å². The first kappa shape index (κ1) is 13.7. The van der Waals surface area contributed by atoms with Gasteiger partial charge in [0.2, 0.25) is 0 Å². The van der Waals surface area contributed by atoms with Gasteiger partial charge in [0.15, 0.2) is 5.84 Å². The van der Waals surface area contributed by atoms with Crippen LogP contribution in [-0.4, -0.2) is 23.6 Å². The summed E-state index contributed by atoms with van der Waals surface area (Å²) in [6, 6.07) is 6.43. The molecule has 4 nitrogen and oxygen atoms in total. The van der Waals surface area contributed by atoms with Gasteiger partial charge in [0.1, 0.15) is 0 Å². The van der Waals surface area contributed by atoms with Crippen molar-refractivity contribution in [3.05, 3.63) is 29.3 Å². The van der Waals surface area contributed by atoms with Crippen LogP contribution in [0.25, 0.3) is 0 Å². The molecule has 1 aromatic carbocycles. The Bertz CT molecular complexity index is 484. The van der Waals surface area contributed by atoms with Crippen LogP contribution in [-0.2, 0) is 0 Å². The molecule has 19 heavy (non-hydrogen) atoms. The largest absolute Gasteiger partial charge is 0.409 e. The van der Waals surface area contributed by atoms with E-state index in [1.807, 2.05) is 12.1 Å². The van der Waals surface area contributed by atoms with Crippen molar-refractivity contribution in [1.29, 1.82) is 0 Å². The van der Waals surface area contributed by atoms with E-state index in [1.165, 1.54) is 18.4 Å². The molecule has 1 aliphatic rings. The standard InChI is InChI=1S/C15H23N3O/c1-10-7-8-18(12(3)9-10)14-11(2)5-4-6-13(14)15(16)17-19/h4-6,10,12,19H,7-9H2,1-3H3,(H2,16,17). The summed E-state index contributed by atoms with van der Waals surface area (Å²) in [5.41, 5.74) is 8.92. The Kier molecular flexibility index (Phi) is 3.98. The molecular weight excluding hydrogens is 238 g/mol. The van der Waals surface area contributed by atoms with Crippen LogP contribution in [0.3, 0.4) is 0 Å². The van der Waals surface area contributed by atoms with Crippen LogP contribution < -0.4 is 10.6 Å². The van der Waals surface area contributed by atoms with Crippen molar-refractivity contribution in [3.63, 3.8) is 0 Å². The first-order valence-corrected chi connectivity index (χ1v) is 6.88. The fourth-order valence-corrected chi connectivity index (χ4v) is 3.04. The zero-order chi connectivity index (χ0) is 14.0. The lowest BCUT2D eigenvalue weighted by Crippen LogP contribution is -2.41. The summed E-state index contributed by atoms with van der Waals surface area (Å²) in [5.74, 6) is 0.951. The second kappa shape index (κ2) is 5.51. The third-order valence-corrected chi connectivity index (χ3v) is 4.05. The van der Waals surface area contributed by atoms with Gasteiger partial charge in [0, 0.05) is 18.2 Å². The number of hydrogen-bond donors (Lipinski definition) is 2. The van der Waals surface area contributed by atoms with Gasteiger partial charge in [-0.15, -0.1) is 0 Å². The molecule has 0 spiro atoms. The van der Waals surface area contributed by atoms with Gasteiger partial charge in [-0.3, -0.25) is 0 Å². The number of aryl methyl sites for hydroxylation is 1. The highest BCUT2D eigenvalue weighted by atomic mass is 16.4. The number of nitrogens with zero attached hydrogens (tertiary/aromatic N) is 2. The third kappa shape index (κ3) is 2.67. The fourth-order valence-electron chi connectivity index (χ4n) is 3.04. The highest BCUT2D eigenvalue weighted by Crippen LogP contribution is 2.32. The van der Waals surface area contributed by atoms with Crippen LogP contribution in [0.15, 0.2) is 23.4 Å². The molecule has 3 N–H and O–H groups in total. The minimum Gasteiger partial charge on any atom is -0.409 e. The van der Waals surface area contributed by atoms with Crippen molar-refractivity contribution in [2.24, 2.45) is 16.8 Å². The summed E-state index contributed by atoms with van der Waals surface area (Å²) >= 11 is 0. The molecule has 4 heteroatoms. The number of rotatable bonds is 2. The van der Waals surface area contributed by atoms with Crippen molar-refractivity contribution in [3.8, 4) is 0 Å². The Morgan fingerprint density at radius 3 is 2.79 bits per heavy atom. The molecule has 1 heterocycles. The lowest BCUT2D eigenvalue weighted by atomic mass is 9.91. The maximum atomic E-state index is 8.95. The first-order valence-electron chi connectivity index (χ1n) is 6.88. The smallest absolute Gasteiger partial charge is 0.172 e. The summed E-state index contributed by atoms with van der Waals surface area (Å²) in [6.45, 7) is 7.65. The van der Waals surface area contributed by atoms with E-state index in [1.54, 1.807) is 0 Å². The molecule has 1 fully saturated rings. The molecule has 0 saturated carbocycles. The normalized spacial score (nSPS) is 24.6. The van der Waals surface area contributed by atoms with Gasteiger partial charge in [-0.1, -0.05) is 24.2 Å². The predicted octanol–water partition coefficient (Wildman–Crippen LogP) is 2.71. The molecule has 1 aromatic rings.